The van der Waals surface area contributed by atoms with Crippen LogP contribution in [0, 0.1) is 0 Å². The molecule has 2 rings (SSSR count). The van der Waals surface area contributed by atoms with Crippen molar-refractivity contribution in [1.29, 1.82) is 0 Å². The fraction of sp³-hybridized carbons (Fsp3) is 0.222. The lowest BCUT2D eigenvalue weighted by atomic mass is 10.5. The van der Waals surface area contributed by atoms with E-state index in [9.17, 15) is 4.79 Å². The van der Waals surface area contributed by atoms with Crippen LogP contribution in [0.15, 0.2) is 27.2 Å². The molecule has 0 unspecified atom stereocenters. The largest absolute Gasteiger partial charge is 0.459 e. The molecule has 0 spiro atoms. The summed E-state index contributed by atoms with van der Waals surface area (Å²) in [5, 5.41) is 7.19. The van der Waals surface area contributed by atoms with E-state index >= 15 is 0 Å². The first-order valence-electron chi connectivity index (χ1n) is 4.35. The molecular formula is C9H8N2O4. The third-order valence-electron chi connectivity index (χ3n) is 1.61. The van der Waals surface area contributed by atoms with Crippen LogP contribution in [0.2, 0.25) is 0 Å². The van der Waals surface area contributed by atoms with E-state index in [0.717, 1.165) is 0 Å². The van der Waals surface area contributed by atoms with Gasteiger partial charge in [0.1, 0.15) is 0 Å². The first-order chi connectivity index (χ1) is 7.31. The Balaban J connectivity index is 2.21. The lowest BCUT2D eigenvalue weighted by Gasteiger charge is -1.93. The van der Waals surface area contributed by atoms with Gasteiger partial charge in [0.2, 0.25) is 0 Å². The van der Waals surface area contributed by atoms with Crippen molar-refractivity contribution < 1.29 is 18.4 Å². The summed E-state index contributed by atoms with van der Waals surface area (Å²) in [5.74, 6) is -0.243. The molecule has 2 aromatic rings. The predicted octanol–water partition coefficient (Wildman–Crippen LogP) is 1.51. The van der Waals surface area contributed by atoms with Crippen LogP contribution < -0.4 is 0 Å². The molecule has 15 heavy (non-hydrogen) atoms. The first kappa shape index (κ1) is 9.45. The van der Waals surface area contributed by atoms with Crippen LogP contribution in [0.5, 0.6) is 0 Å². The molecule has 0 N–H and O–H groups in total. The van der Waals surface area contributed by atoms with Gasteiger partial charge < -0.3 is 13.6 Å². The average molecular weight is 208 g/mol. The molecule has 2 aromatic heterocycles. The van der Waals surface area contributed by atoms with E-state index < -0.39 is 5.97 Å². The van der Waals surface area contributed by atoms with Crippen LogP contribution in [-0.2, 0) is 4.74 Å². The van der Waals surface area contributed by atoms with Gasteiger partial charge >= 0.3 is 11.9 Å². The molecule has 0 bridgehead atoms. The summed E-state index contributed by atoms with van der Waals surface area (Å²) in [4.78, 5) is 11.2. The minimum atomic E-state index is -0.636. The van der Waals surface area contributed by atoms with Gasteiger partial charge in [-0.3, -0.25) is 0 Å². The Morgan fingerprint density at radius 3 is 3.07 bits per heavy atom. The number of carbonyl (C=O) groups excluding carboxylic acids is 1. The van der Waals surface area contributed by atoms with Gasteiger partial charge in [0.15, 0.2) is 5.76 Å². The minimum Gasteiger partial charge on any atom is -0.459 e. The van der Waals surface area contributed by atoms with Crippen molar-refractivity contribution in [2.24, 2.45) is 0 Å². The van der Waals surface area contributed by atoms with Crippen LogP contribution in [0.4, 0.5) is 0 Å². The fourth-order valence-electron chi connectivity index (χ4n) is 0.998. The summed E-state index contributed by atoms with van der Waals surface area (Å²) < 4.78 is 14.8. The molecular weight excluding hydrogens is 200 g/mol. The van der Waals surface area contributed by atoms with Gasteiger partial charge in [-0.15, -0.1) is 10.2 Å². The summed E-state index contributed by atoms with van der Waals surface area (Å²) in [7, 11) is 0. The van der Waals surface area contributed by atoms with Gasteiger partial charge in [-0.05, 0) is 19.1 Å². The molecule has 0 aliphatic carbocycles. The summed E-state index contributed by atoms with van der Waals surface area (Å²) >= 11 is 0. The highest BCUT2D eigenvalue weighted by Gasteiger charge is 2.17. The third kappa shape index (κ3) is 1.88. The maximum atomic E-state index is 11.2. The quantitative estimate of drug-likeness (QED) is 0.711. The van der Waals surface area contributed by atoms with Crippen molar-refractivity contribution in [1.82, 2.24) is 10.2 Å². The molecule has 0 saturated carbocycles. The Hall–Kier alpha value is -2.11. The zero-order valence-corrected chi connectivity index (χ0v) is 7.97. The molecule has 0 radical (unpaired) electrons. The van der Waals surface area contributed by atoms with Crippen molar-refractivity contribution in [3.63, 3.8) is 0 Å². The smallest absolute Gasteiger partial charge is 0.396 e. The Morgan fingerprint density at radius 1 is 1.53 bits per heavy atom. The Kier molecular flexibility index (Phi) is 2.49. The van der Waals surface area contributed by atoms with Crippen molar-refractivity contribution in [3.8, 4) is 11.7 Å². The second-order valence-corrected chi connectivity index (χ2v) is 2.61. The highest BCUT2D eigenvalue weighted by Crippen LogP contribution is 2.17. The van der Waals surface area contributed by atoms with Gasteiger partial charge in [0.05, 0.1) is 12.9 Å². The normalized spacial score (nSPS) is 10.2. The SMILES string of the molecule is CCOC(=O)c1nnc(-c2ccco2)o1. The molecule has 0 atom stereocenters. The second-order valence-electron chi connectivity index (χ2n) is 2.61. The second kappa shape index (κ2) is 3.95. The molecule has 0 aliphatic rings. The maximum Gasteiger partial charge on any atom is 0.396 e. The number of carbonyl (C=O) groups is 1. The zero-order valence-electron chi connectivity index (χ0n) is 7.97. The lowest BCUT2D eigenvalue weighted by molar-refractivity contribution is 0.0481. The number of hydrogen-bond donors (Lipinski definition) is 0. The van der Waals surface area contributed by atoms with E-state index in [2.05, 4.69) is 10.2 Å². The maximum absolute atomic E-state index is 11.2. The standard InChI is InChI=1S/C9H8N2O4/c1-2-13-9(12)8-11-10-7(15-8)6-4-3-5-14-6/h3-5H,2H2,1H3. The van der Waals surface area contributed by atoms with Crippen LogP contribution in [0.3, 0.4) is 0 Å². The first-order valence-corrected chi connectivity index (χ1v) is 4.35. The lowest BCUT2D eigenvalue weighted by Crippen LogP contribution is -2.04. The molecule has 78 valence electrons. The van der Waals surface area contributed by atoms with Crippen LogP contribution in [0.1, 0.15) is 17.6 Å². The Bertz CT molecular complexity index is 446. The van der Waals surface area contributed by atoms with E-state index in [-0.39, 0.29) is 18.4 Å². The summed E-state index contributed by atoms with van der Waals surface area (Å²) in [6.07, 6.45) is 1.48. The van der Waals surface area contributed by atoms with Gasteiger partial charge in [-0.25, -0.2) is 4.79 Å². The monoisotopic (exact) mass is 208 g/mol. The van der Waals surface area contributed by atoms with Crippen LogP contribution in [-0.4, -0.2) is 22.8 Å². The highest BCUT2D eigenvalue weighted by molar-refractivity contribution is 5.84. The number of furan rings is 1. The van der Waals surface area contributed by atoms with Crippen molar-refractivity contribution in [2.45, 2.75) is 6.92 Å². The molecule has 0 aliphatic heterocycles. The van der Waals surface area contributed by atoms with E-state index in [1.165, 1.54) is 6.26 Å². The number of rotatable bonds is 3. The number of hydrogen-bond acceptors (Lipinski definition) is 6. The average Bonchev–Trinajstić information content (AvgIpc) is 2.89. The number of aromatic nitrogens is 2. The van der Waals surface area contributed by atoms with Crippen LogP contribution >= 0.6 is 0 Å². The van der Waals surface area contributed by atoms with Gasteiger partial charge in [-0.1, -0.05) is 0 Å². The van der Waals surface area contributed by atoms with E-state index in [1.807, 2.05) is 0 Å². The predicted molar refractivity (Wildman–Crippen MR) is 48.0 cm³/mol. The van der Waals surface area contributed by atoms with E-state index in [4.69, 9.17) is 13.6 Å². The fourth-order valence-corrected chi connectivity index (χ4v) is 0.998. The molecule has 6 heteroatoms. The third-order valence-corrected chi connectivity index (χ3v) is 1.61. The van der Waals surface area contributed by atoms with Gasteiger partial charge in [0, 0.05) is 0 Å². The highest BCUT2D eigenvalue weighted by atomic mass is 16.5. The summed E-state index contributed by atoms with van der Waals surface area (Å²) in [6, 6.07) is 3.34. The van der Waals surface area contributed by atoms with E-state index in [1.54, 1.807) is 19.1 Å². The Morgan fingerprint density at radius 2 is 2.40 bits per heavy atom. The van der Waals surface area contributed by atoms with Gasteiger partial charge in [0.25, 0.3) is 5.89 Å². The molecule has 0 fully saturated rings. The van der Waals surface area contributed by atoms with Gasteiger partial charge in [-0.2, -0.15) is 0 Å². The summed E-state index contributed by atoms with van der Waals surface area (Å²) in [5.41, 5.74) is 0. The number of esters is 1. The number of nitrogens with zero attached hydrogens (tertiary/aromatic N) is 2. The topological polar surface area (TPSA) is 78.4 Å². The molecule has 0 aromatic carbocycles. The summed E-state index contributed by atoms with van der Waals surface area (Å²) in [6.45, 7) is 1.96. The zero-order chi connectivity index (χ0) is 10.7. The molecule has 6 nitrogen and oxygen atoms in total. The molecule has 0 saturated heterocycles. The van der Waals surface area contributed by atoms with Crippen molar-refractivity contribution in [3.05, 3.63) is 24.3 Å². The Labute approximate surface area is 84.9 Å². The molecule has 0 amide bonds. The minimum absolute atomic E-state index is 0.156. The van der Waals surface area contributed by atoms with E-state index in [0.29, 0.717) is 5.76 Å². The molecule has 2 heterocycles. The van der Waals surface area contributed by atoms with Crippen molar-refractivity contribution in [2.75, 3.05) is 6.61 Å². The van der Waals surface area contributed by atoms with Crippen LogP contribution in [0.25, 0.3) is 11.7 Å². The number of ether oxygens (including phenoxy) is 1. The van der Waals surface area contributed by atoms with Crippen molar-refractivity contribution >= 4 is 5.97 Å².